The van der Waals surface area contributed by atoms with Crippen LogP contribution in [0.1, 0.15) is 18.1 Å². The van der Waals surface area contributed by atoms with Crippen LogP contribution in [0.4, 0.5) is 11.5 Å². The van der Waals surface area contributed by atoms with Gasteiger partial charge in [0.2, 0.25) is 17.6 Å². The van der Waals surface area contributed by atoms with Crippen molar-refractivity contribution >= 4 is 79.3 Å². The molecule has 8 nitrogen and oxygen atoms in total. The number of rotatable bonds is 5. The predicted molar refractivity (Wildman–Crippen MR) is 130 cm³/mol. The molecular weight excluding hydrogens is 519 g/mol. The number of amides is 2. The second-order valence-electron chi connectivity index (χ2n) is 6.80. The molecule has 32 heavy (non-hydrogen) atoms. The molecule has 11 heteroatoms. The number of nitrogens with zero attached hydrogens (tertiary/aromatic N) is 2. The zero-order valence-corrected chi connectivity index (χ0v) is 19.8. The maximum Gasteiger partial charge on any atom is 0.232 e. The van der Waals surface area contributed by atoms with Gasteiger partial charge < -0.3 is 20.9 Å². The first-order chi connectivity index (χ1) is 15.2. The Morgan fingerprint density at radius 2 is 1.94 bits per heavy atom. The lowest BCUT2D eigenvalue weighted by molar-refractivity contribution is -0.119. The largest absolute Gasteiger partial charge is 0.370 e. The highest BCUT2D eigenvalue weighted by Gasteiger charge is 2.16. The van der Waals surface area contributed by atoms with Crippen LogP contribution in [-0.4, -0.2) is 22.8 Å². The van der Waals surface area contributed by atoms with E-state index in [9.17, 15) is 9.59 Å². The molecule has 164 valence electrons. The Labute approximate surface area is 202 Å². The van der Waals surface area contributed by atoms with E-state index in [-0.39, 0.29) is 34.9 Å². The van der Waals surface area contributed by atoms with Crippen molar-refractivity contribution in [3.8, 4) is 0 Å². The average Bonchev–Trinajstić information content (AvgIpc) is 3.05. The van der Waals surface area contributed by atoms with Gasteiger partial charge >= 0.3 is 0 Å². The standard InChI is InChI=1S/C21H17BrCl2N6O2/c1-10(31)28-19-15(23)5-11(6-16(19)24)9-27-21(25)30-18(32)8-14-13-7-12(22)3-4-17(13)29-20(14)26-2/h3-7,29H,8-9H2,1H3,(H,28,31)(H3,25,27,30,32). The molecule has 0 spiro atoms. The van der Waals surface area contributed by atoms with Crippen molar-refractivity contribution in [2.75, 3.05) is 5.32 Å². The van der Waals surface area contributed by atoms with Crippen molar-refractivity contribution in [2.45, 2.75) is 19.9 Å². The Kier molecular flexibility index (Phi) is 7.40. The Morgan fingerprint density at radius 1 is 1.25 bits per heavy atom. The molecule has 0 saturated heterocycles. The van der Waals surface area contributed by atoms with Crippen molar-refractivity contribution in [1.82, 2.24) is 10.3 Å². The third-order valence-electron chi connectivity index (χ3n) is 4.40. The molecule has 2 amide bonds. The molecule has 2 aromatic carbocycles. The third kappa shape index (κ3) is 5.59. The van der Waals surface area contributed by atoms with Gasteiger partial charge in [-0.05, 0) is 41.5 Å². The molecule has 3 rings (SSSR count). The van der Waals surface area contributed by atoms with E-state index < -0.39 is 5.91 Å². The van der Waals surface area contributed by atoms with Crippen molar-refractivity contribution < 1.29 is 9.59 Å². The molecule has 0 bridgehead atoms. The molecule has 0 aliphatic carbocycles. The zero-order chi connectivity index (χ0) is 23.4. The third-order valence-corrected chi connectivity index (χ3v) is 5.49. The molecular formula is C21H17BrCl2N6O2. The summed E-state index contributed by atoms with van der Waals surface area (Å²) in [7, 11) is 0. The summed E-state index contributed by atoms with van der Waals surface area (Å²) in [6, 6.07) is 8.73. The molecule has 1 heterocycles. The van der Waals surface area contributed by atoms with Gasteiger partial charge in [0.1, 0.15) is 5.52 Å². The summed E-state index contributed by atoms with van der Waals surface area (Å²) in [5.74, 6) is -0.490. The molecule has 0 fully saturated rings. The number of guanidine groups is 1. The highest BCUT2D eigenvalue weighted by molar-refractivity contribution is 9.10. The number of nitrogens with two attached hydrogens (primary N) is 1. The maximum absolute atomic E-state index is 12.5. The Morgan fingerprint density at radius 3 is 2.56 bits per heavy atom. The fraction of sp³-hybridized carbons (Fsp3) is 0.143. The van der Waals surface area contributed by atoms with Gasteiger partial charge in [-0.15, -0.1) is 0 Å². The van der Waals surface area contributed by atoms with Gasteiger partial charge in [-0.1, -0.05) is 45.7 Å². The maximum atomic E-state index is 12.5. The number of halogens is 3. The first kappa shape index (κ1) is 23.6. The van der Waals surface area contributed by atoms with Crippen LogP contribution < -0.4 is 16.4 Å². The summed E-state index contributed by atoms with van der Waals surface area (Å²) >= 11 is 15.7. The molecule has 0 aliphatic rings. The van der Waals surface area contributed by atoms with Crippen LogP contribution in [0.5, 0.6) is 0 Å². The Hall–Kier alpha value is -3.06. The van der Waals surface area contributed by atoms with Gasteiger partial charge in [0, 0.05) is 23.2 Å². The molecule has 0 radical (unpaired) electrons. The fourth-order valence-corrected chi connectivity index (χ4v) is 4.04. The number of aromatic nitrogens is 1. The number of carbonyl (C=O) groups is 2. The number of fused-ring (bicyclic) bond motifs is 1. The summed E-state index contributed by atoms with van der Waals surface area (Å²) in [6.07, 6.45) is -0.0482. The van der Waals surface area contributed by atoms with E-state index in [0.29, 0.717) is 22.6 Å². The lowest BCUT2D eigenvalue weighted by Gasteiger charge is -2.10. The minimum atomic E-state index is -0.408. The number of hydrogen-bond donors (Lipinski definition) is 4. The number of carbonyl (C=O) groups excluding carboxylic acids is 2. The normalized spacial score (nSPS) is 11.3. The van der Waals surface area contributed by atoms with Crippen LogP contribution >= 0.6 is 39.1 Å². The molecule has 0 saturated carbocycles. The minimum absolute atomic E-state index is 0.0482. The van der Waals surface area contributed by atoms with E-state index >= 15 is 0 Å². The van der Waals surface area contributed by atoms with Crippen LogP contribution in [0.15, 0.2) is 39.8 Å². The first-order valence-corrected chi connectivity index (χ1v) is 10.8. The minimum Gasteiger partial charge on any atom is -0.370 e. The van der Waals surface area contributed by atoms with Gasteiger partial charge in [-0.3, -0.25) is 14.9 Å². The molecule has 3 aromatic rings. The van der Waals surface area contributed by atoms with Crippen molar-refractivity contribution in [3.05, 3.63) is 67.4 Å². The second-order valence-corrected chi connectivity index (χ2v) is 8.53. The highest BCUT2D eigenvalue weighted by Crippen LogP contribution is 2.32. The predicted octanol–water partition coefficient (Wildman–Crippen LogP) is 4.92. The van der Waals surface area contributed by atoms with E-state index in [1.54, 1.807) is 12.1 Å². The molecule has 5 N–H and O–H groups in total. The van der Waals surface area contributed by atoms with Crippen LogP contribution in [0, 0.1) is 6.57 Å². The summed E-state index contributed by atoms with van der Waals surface area (Å²) in [4.78, 5) is 34.4. The number of hydrogen-bond acceptors (Lipinski definition) is 3. The number of benzene rings is 2. The SMILES string of the molecule is [C-]#[N+]c1[nH]c2ccc(Br)cc2c1CC(=O)NC(N)=NCc1cc(Cl)c(NC(C)=O)c(Cl)c1. The monoisotopic (exact) mass is 534 g/mol. The topological polar surface area (TPSA) is 117 Å². The van der Waals surface area contributed by atoms with E-state index in [0.717, 1.165) is 15.4 Å². The second kappa shape index (κ2) is 10.0. The van der Waals surface area contributed by atoms with Crippen LogP contribution in [0.25, 0.3) is 15.7 Å². The van der Waals surface area contributed by atoms with Gasteiger partial charge in [0.05, 0.1) is 22.3 Å². The summed E-state index contributed by atoms with van der Waals surface area (Å²) < 4.78 is 0.838. The molecule has 1 aromatic heterocycles. The summed E-state index contributed by atoms with van der Waals surface area (Å²) in [5, 5.41) is 6.38. The van der Waals surface area contributed by atoms with Gasteiger partial charge in [-0.25, -0.2) is 4.99 Å². The zero-order valence-electron chi connectivity index (χ0n) is 16.7. The van der Waals surface area contributed by atoms with Crippen molar-refractivity contribution in [3.63, 3.8) is 0 Å². The van der Waals surface area contributed by atoms with E-state index in [1.165, 1.54) is 6.92 Å². The number of H-pyrrole nitrogens is 1. The molecule has 0 aliphatic heterocycles. The van der Waals surface area contributed by atoms with Gasteiger partial charge in [0.25, 0.3) is 0 Å². The number of aliphatic imine (C=N–C) groups is 1. The van der Waals surface area contributed by atoms with E-state index in [2.05, 4.69) is 41.4 Å². The van der Waals surface area contributed by atoms with Crippen LogP contribution in [-0.2, 0) is 22.6 Å². The lowest BCUT2D eigenvalue weighted by atomic mass is 10.1. The first-order valence-electron chi connectivity index (χ1n) is 9.20. The van der Waals surface area contributed by atoms with Crippen LogP contribution in [0.3, 0.4) is 0 Å². The Bertz CT molecular complexity index is 1270. The molecule has 0 unspecified atom stereocenters. The van der Waals surface area contributed by atoms with Gasteiger partial charge in [0.15, 0.2) is 5.96 Å². The number of anilines is 1. The van der Waals surface area contributed by atoms with E-state index in [1.807, 2.05) is 18.2 Å². The lowest BCUT2D eigenvalue weighted by Crippen LogP contribution is -2.37. The molecule has 0 atom stereocenters. The van der Waals surface area contributed by atoms with Crippen LogP contribution in [0.2, 0.25) is 10.0 Å². The fourth-order valence-electron chi connectivity index (χ4n) is 3.06. The Balaban J connectivity index is 1.70. The van der Waals surface area contributed by atoms with Crippen molar-refractivity contribution in [2.24, 2.45) is 10.7 Å². The summed E-state index contributed by atoms with van der Waals surface area (Å²) in [5.41, 5.74) is 8.15. The van der Waals surface area contributed by atoms with Crippen molar-refractivity contribution in [1.29, 1.82) is 0 Å². The average molecular weight is 536 g/mol. The number of nitrogens with one attached hydrogen (secondary N) is 3. The smallest absolute Gasteiger partial charge is 0.232 e. The summed E-state index contributed by atoms with van der Waals surface area (Å²) in [6.45, 7) is 8.82. The van der Waals surface area contributed by atoms with E-state index in [4.69, 9.17) is 35.5 Å². The quantitative estimate of drug-likeness (QED) is 0.211. The highest BCUT2D eigenvalue weighted by atomic mass is 79.9. The van der Waals surface area contributed by atoms with Gasteiger partial charge in [-0.2, -0.15) is 0 Å². The number of aromatic amines is 1.